The number of hydrogen-bond acceptors (Lipinski definition) is 4. The van der Waals surface area contributed by atoms with Gasteiger partial charge in [-0.1, -0.05) is 64.7 Å². The van der Waals surface area contributed by atoms with Crippen molar-refractivity contribution in [1.82, 2.24) is 0 Å². The van der Waals surface area contributed by atoms with Crippen LogP contribution in [0.15, 0.2) is 0 Å². The zero-order valence-corrected chi connectivity index (χ0v) is 14.6. The predicted octanol–water partition coefficient (Wildman–Crippen LogP) is 3.77. The van der Waals surface area contributed by atoms with Gasteiger partial charge in [0, 0.05) is 12.8 Å². The van der Waals surface area contributed by atoms with Crippen LogP contribution >= 0.6 is 0 Å². The van der Waals surface area contributed by atoms with Crippen LogP contribution in [0, 0.1) is 5.92 Å². The average molecular weight is 342 g/mol. The summed E-state index contributed by atoms with van der Waals surface area (Å²) in [7, 11) is 0. The fourth-order valence-electron chi connectivity index (χ4n) is 3.35. The van der Waals surface area contributed by atoms with E-state index in [1.165, 1.54) is 32.1 Å². The number of carboxylic acid groups (broad SMARTS) is 2. The first kappa shape index (κ1) is 20.5. The Morgan fingerprint density at radius 2 is 1.58 bits per heavy atom. The molecule has 1 saturated heterocycles. The molecular weight excluding hydrogens is 312 g/mol. The number of carbonyl (C=O) groups excluding carboxylic acids is 1. The van der Waals surface area contributed by atoms with Gasteiger partial charge in [-0.2, -0.15) is 0 Å². The molecule has 138 valence electrons. The summed E-state index contributed by atoms with van der Waals surface area (Å²) >= 11 is 0. The second kappa shape index (κ2) is 10.3. The number of cyclic esters (lactones) is 1. The molecule has 2 N–H and O–H groups in total. The third-order valence-electron chi connectivity index (χ3n) is 4.82. The number of aliphatic carboxylic acids is 2. The summed E-state index contributed by atoms with van der Waals surface area (Å²) in [6.45, 7) is 2.18. The van der Waals surface area contributed by atoms with Gasteiger partial charge in [-0.3, -0.25) is 9.59 Å². The Morgan fingerprint density at radius 1 is 1.04 bits per heavy atom. The molecule has 2 atom stereocenters. The van der Waals surface area contributed by atoms with Crippen LogP contribution in [0.4, 0.5) is 0 Å². The van der Waals surface area contributed by atoms with Crippen molar-refractivity contribution in [3.05, 3.63) is 0 Å². The van der Waals surface area contributed by atoms with Crippen LogP contribution in [-0.4, -0.2) is 33.7 Å². The summed E-state index contributed by atoms with van der Waals surface area (Å²) in [4.78, 5) is 34.4. The molecule has 0 unspecified atom stereocenters. The SMILES string of the molecule is CCCCCCCCCCC[C@H](C(=O)O)[C@]1(C(=O)O)CCC(=O)O1. The Kier molecular flexibility index (Phi) is 8.79. The number of esters is 1. The first-order chi connectivity index (χ1) is 11.4. The summed E-state index contributed by atoms with van der Waals surface area (Å²) in [5.74, 6) is -4.36. The molecule has 6 nitrogen and oxygen atoms in total. The van der Waals surface area contributed by atoms with E-state index in [0.29, 0.717) is 6.42 Å². The van der Waals surface area contributed by atoms with Crippen molar-refractivity contribution in [2.75, 3.05) is 0 Å². The summed E-state index contributed by atoms with van der Waals surface area (Å²) in [5.41, 5.74) is -1.89. The molecule has 0 radical (unpaired) electrons. The van der Waals surface area contributed by atoms with E-state index in [1.807, 2.05) is 0 Å². The lowest BCUT2D eigenvalue weighted by molar-refractivity contribution is -0.182. The molecule has 1 rings (SSSR count). The Labute approximate surface area is 143 Å². The van der Waals surface area contributed by atoms with Gasteiger partial charge < -0.3 is 14.9 Å². The largest absolute Gasteiger partial charge is 0.481 e. The molecule has 24 heavy (non-hydrogen) atoms. The summed E-state index contributed by atoms with van der Waals surface area (Å²) in [6.07, 6.45) is 10.0. The first-order valence-electron chi connectivity index (χ1n) is 9.12. The van der Waals surface area contributed by atoms with Gasteiger partial charge in [0.25, 0.3) is 0 Å². The number of hydrogen-bond donors (Lipinski definition) is 2. The Morgan fingerprint density at radius 3 is 2.00 bits per heavy atom. The van der Waals surface area contributed by atoms with Crippen LogP contribution in [0.2, 0.25) is 0 Å². The lowest BCUT2D eigenvalue weighted by Crippen LogP contribution is -2.49. The van der Waals surface area contributed by atoms with Gasteiger partial charge in [0.05, 0.1) is 0 Å². The molecule has 1 fully saturated rings. The van der Waals surface area contributed by atoms with Gasteiger partial charge in [-0.25, -0.2) is 4.79 Å². The Hall–Kier alpha value is -1.59. The van der Waals surface area contributed by atoms with Gasteiger partial charge in [0.1, 0.15) is 5.92 Å². The number of unbranched alkanes of at least 4 members (excludes halogenated alkanes) is 8. The standard InChI is InChI=1S/C18H30O6/c1-2-3-4-5-6-7-8-9-10-11-14(16(20)21)18(17(22)23)13-12-15(19)24-18/h14H,2-13H2,1H3,(H,20,21)(H,22,23)/t14-,18+/m1/s1. The van der Waals surface area contributed by atoms with Gasteiger partial charge in [0.15, 0.2) is 0 Å². The Balaban J connectivity index is 2.37. The summed E-state index contributed by atoms with van der Waals surface area (Å²) < 4.78 is 4.95. The molecule has 0 aliphatic carbocycles. The molecule has 0 aromatic heterocycles. The predicted molar refractivity (Wildman–Crippen MR) is 88.7 cm³/mol. The molecule has 6 heteroatoms. The van der Waals surface area contributed by atoms with Gasteiger partial charge in [-0.15, -0.1) is 0 Å². The maximum absolute atomic E-state index is 11.5. The summed E-state index contributed by atoms with van der Waals surface area (Å²) in [5, 5.41) is 18.8. The van der Waals surface area contributed by atoms with E-state index in [-0.39, 0.29) is 19.3 Å². The molecular formula is C18H30O6. The van der Waals surface area contributed by atoms with Crippen molar-refractivity contribution in [3.63, 3.8) is 0 Å². The maximum Gasteiger partial charge on any atom is 0.349 e. The minimum atomic E-state index is -1.89. The van der Waals surface area contributed by atoms with E-state index >= 15 is 0 Å². The second-order valence-corrected chi connectivity index (χ2v) is 6.68. The van der Waals surface area contributed by atoms with Crippen LogP contribution in [0.25, 0.3) is 0 Å². The van der Waals surface area contributed by atoms with Crippen molar-refractivity contribution in [2.24, 2.45) is 5.92 Å². The molecule has 0 bridgehead atoms. The van der Waals surface area contributed by atoms with Crippen molar-refractivity contribution in [2.45, 2.75) is 89.6 Å². The topological polar surface area (TPSA) is 101 Å². The molecule has 0 aromatic carbocycles. The fraction of sp³-hybridized carbons (Fsp3) is 0.833. The van der Waals surface area contributed by atoms with Crippen LogP contribution in [-0.2, 0) is 19.1 Å². The van der Waals surface area contributed by atoms with E-state index in [1.54, 1.807) is 0 Å². The van der Waals surface area contributed by atoms with E-state index in [0.717, 1.165) is 19.3 Å². The molecule has 0 amide bonds. The van der Waals surface area contributed by atoms with Gasteiger partial charge >= 0.3 is 17.9 Å². The van der Waals surface area contributed by atoms with Crippen LogP contribution < -0.4 is 0 Å². The monoisotopic (exact) mass is 342 g/mol. The molecule has 0 aromatic rings. The van der Waals surface area contributed by atoms with E-state index in [4.69, 9.17) is 4.74 Å². The lowest BCUT2D eigenvalue weighted by atomic mass is 9.81. The molecule has 1 heterocycles. The third kappa shape index (κ3) is 5.80. The maximum atomic E-state index is 11.5. The number of carboxylic acids is 2. The molecule has 1 aliphatic rings. The quantitative estimate of drug-likeness (QED) is 0.390. The minimum Gasteiger partial charge on any atom is -0.481 e. The second-order valence-electron chi connectivity index (χ2n) is 6.68. The number of ether oxygens (including phenoxy) is 1. The molecule has 0 saturated carbocycles. The third-order valence-corrected chi connectivity index (χ3v) is 4.82. The van der Waals surface area contributed by atoms with Crippen LogP contribution in [0.1, 0.15) is 84.0 Å². The Bertz CT molecular complexity index is 433. The van der Waals surface area contributed by atoms with Crippen molar-refractivity contribution >= 4 is 17.9 Å². The highest BCUT2D eigenvalue weighted by molar-refractivity contribution is 5.90. The smallest absolute Gasteiger partial charge is 0.349 e. The summed E-state index contributed by atoms with van der Waals surface area (Å²) in [6, 6.07) is 0. The van der Waals surface area contributed by atoms with Crippen molar-refractivity contribution in [1.29, 1.82) is 0 Å². The van der Waals surface area contributed by atoms with Crippen molar-refractivity contribution < 1.29 is 29.3 Å². The highest BCUT2D eigenvalue weighted by Gasteiger charge is 2.56. The zero-order valence-electron chi connectivity index (χ0n) is 14.6. The normalized spacial score (nSPS) is 21.5. The van der Waals surface area contributed by atoms with E-state index in [9.17, 15) is 24.6 Å². The highest BCUT2D eigenvalue weighted by atomic mass is 16.6. The number of rotatable bonds is 13. The van der Waals surface area contributed by atoms with Crippen LogP contribution in [0.3, 0.4) is 0 Å². The number of carbonyl (C=O) groups is 3. The van der Waals surface area contributed by atoms with Crippen LogP contribution in [0.5, 0.6) is 0 Å². The van der Waals surface area contributed by atoms with Gasteiger partial charge in [0.2, 0.25) is 5.60 Å². The first-order valence-corrected chi connectivity index (χ1v) is 9.12. The lowest BCUT2D eigenvalue weighted by Gasteiger charge is -2.29. The van der Waals surface area contributed by atoms with Crippen molar-refractivity contribution in [3.8, 4) is 0 Å². The molecule has 0 spiro atoms. The van der Waals surface area contributed by atoms with E-state index < -0.39 is 29.4 Å². The van der Waals surface area contributed by atoms with Gasteiger partial charge in [-0.05, 0) is 6.42 Å². The fourth-order valence-corrected chi connectivity index (χ4v) is 3.35. The average Bonchev–Trinajstić information content (AvgIpc) is 2.92. The molecule has 1 aliphatic heterocycles. The zero-order chi connectivity index (χ0) is 18.0. The van der Waals surface area contributed by atoms with E-state index in [2.05, 4.69) is 6.92 Å². The minimum absolute atomic E-state index is 0.0339. The highest BCUT2D eigenvalue weighted by Crippen LogP contribution is 2.37.